The maximum Gasteiger partial charge on any atom is 0.410 e. The van der Waals surface area contributed by atoms with Gasteiger partial charge in [0.05, 0.1) is 12.0 Å². The largest absolute Gasteiger partial charge is 0.497 e. The molecule has 0 saturated carbocycles. The normalized spacial score (nSPS) is 15.1. The number of rotatable bonds is 10. The smallest absolute Gasteiger partial charge is 0.410 e. The lowest BCUT2D eigenvalue weighted by molar-refractivity contribution is -0.152. The van der Waals surface area contributed by atoms with Gasteiger partial charge in [-0.25, -0.2) is 13.2 Å². The third kappa shape index (κ3) is 8.55. The summed E-state index contributed by atoms with van der Waals surface area (Å²) in [5, 5.41) is 0. The number of amides is 1. The van der Waals surface area contributed by atoms with E-state index in [0.29, 0.717) is 37.2 Å². The summed E-state index contributed by atoms with van der Waals surface area (Å²) < 4.78 is 46.4. The van der Waals surface area contributed by atoms with Crippen molar-refractivity contribution >= 4 is 22.1 Å². The minimum atomic E-state index is -4.20. The minimum absolute atomic E-state index is 0.00138. The van der Waals surface area contributed by atoms with Crippen LogP contribution in [0, 0.1) is 5.92 Å². The fraction of sp³-hybridized carbons (Fsp3) is 0.406. The summed E-state index contributed by atoms with van der Waals surface area (Å²) in [6.45, 7) is 5.96. The van der Waals surface area contributed by atoms with Crippen molar-refractivity contribution in [2.45, 2.75) is 63.3 Å². The molecule has 0 aliphatic carbocycles. The molecule has 43 heavy (non-hydrogen) atoms. The maximum absolute atomic E-state index is 14.3. The van der Waals surface area contributed by atoms with E-state index >= 15 is 0 Å². The number of methoxy groups -OCH3 is 1. The monoisotopic (exact) mass is 609 g/mol. The van der Waals surface area contributed by atoms with E-state index in [4.69, 9.17) is 14.2 Å². The highest BCUT2D eigenvalue weighted by molar-refractivity contribution is 7.89. The number of ether oxygens (including phenoxy) is 3. The van der Waals surface area contributed by atoms with Crippen LogP contribution < -0.4 is 4.74 Å². The Morgan fingerprint density at radius 3 is 2.16 bits per heavy atom. The number of benzene rings is 2. The summed E-state index contributed by atoms with van der Waals surface area (Å²) in [6, 6.07) is 17.6. The fourth-order valence-corrected chi connectivity index (χ4v) is 6.59. The molecule has 1 unspecified atom stereocenters. The molecule has 0 bridgehead atoms. The molecule has 2 heterocycles. The van der Waals surface area contributed by atoms with Crippen molar-refractivity contribution < 1.29 is 32.2 Å². The lowest BCUT2D eigenvalue weighted by Gasteiger charge is -2.39. The van der Waals surface area contributed by atoms with Crippen LogP contribution in [0.1, 0.15) is 44.7 Å². The third-order valence-corrected chi connectivity index (χ3v) is 9.01. The first-order valence-electron chi connectivity index (χ1n) is 14.2. The highest BCUT2D eigenvalue weighted by Gasteiger charge is 2.43. The zero-order valence-corrected chi connectivity index (χ0v) is 25.8. The van der Waals surface area contributed by atoms with Crippen molar-refractivity contribution in [1.82, 2.24) is 14.2 Å². The van der Waals surface area contributed by atoms with Gasteiger partial charge in [-0.15, -0.1) is 0 Å². The van der Waals surface area contributed by atoms with Gasteiger partial charge in [0.25, 0.3) is 0 Å². The molecule has 230 valence electrons. The van der Waals surface area contributed by atoms with Gasteiger partial charge in [-0.05, 0) is 87.1 Å². The van der Waals surface area contributed by atoms with Gasteiger partial charge in [-0.2, -0.15) is 4.31 Å². The Labute approximate surface area is 253 Å². The summed E-state index contributed by atoms with van der Waals surface area (Å²) >= 11 is 0. The molecule has 2 aromatic carbocycles. The molecule has 1 aliphatic heterocycles. The molecule has 11 heteroatoms. The lowest BCUT2D eigenvalue weighted by atomic mass is 9.89. The number of piperidine rings is 1. The maximum atomic E-state index is 14.3. The van der Waals surface area contributed by atoms with Gasteiger partial charge in [0.1, 0.15) is 24.0 Å². The molecular formula is C32H39N3O7S. The van der Waals surface area contributed by atoms with Crippen molar-refractivity contribution in [1.29, 1.82) is 0 Å². The zero-order chi connectivity index (χ0) is 31.0. The standard InChI is InChI=1S/C32H39N3O7S/c1-32(2,3)42-31(37)34-20-16-26(17-21-34)29(30(36)41-23-25-8-6-5-7-9-25)35(22-24-14-18-33-19-15-24)43(38,39)28-12-10-27(40-4)11-13-28/h5-15,18-19,26,29H,16-17,20-23H2,1-4H3. The van der Waals surface area contributed by atoms with Crippen LogP contribution in [-0.2, 0) is 37.4 Å². The van der Waals surface area contributed by atoms with Crippen LogP contribution in [0.15, 0.2) is 84.0 Å². The summed E-state index contributed by atoms with van der Waals surface area (Å²) in [5.41, 5.74) is 0.804. The number of likely N-dealkylation sites (tertiary alicyclic amines) is 1. The highest BCUT2D eigenvalue weighted by Crippen LogP contribution is 2.32. The number of esters is 1. The molecule has 3 aromatic rings. The molecule has 1 aliphatic rings. The number of sulfonamides is 1. The van der Waals surface area contributed by atoms with Gasteiger partial charge in [0.2, 0.25) is 10.0 Å². The Morgan fingerprint density at radius 2 is 1.58 bits per heavy atom. The Balaban J connectivity index is 1.69. The second-order valence-electron chi connectivity index (χ2n) is 11.4. The van der Waals surface area contributed by atoms with Crippen LogP contribution in [0.5, 0.6) is 5.75 Å². The fourth-order valence-electron chi connectivity index (χ4n) is 4.97. The zero-order valence-electron chi connectivity index (χ0n) is 25.0. The number of hydrogen-bond donors (Lipinski definition) is 0. The Bertz CT molecular complexity index is 1450. The highest BCUT2D eigenvalue weighted by atomic mass is 32.2. The van der Waals surface area contributed by atoms with Crippen molar-refractivity contribution in [3.05, 3.63) is 90.3 Å². The summed E-state index contributed by atoms with van der Waals surface area (Å²) in [6.07, 6.45) is 3.49. The summed E-state index contributed by atoms with van der Waals surface area (Å²) in [5.74, 6) is -0.560. The summed E-state index contributed by atoms with van der Waals surface area (Å²) in [7, 11) is -2.70. The lowest BCUT2D eigenvalue weighted by Crippen LogP contribution is -2.53. The Kier molecular flexibility index (Phi) is 10.4. The van der Waals surface area contributed by atoms with Crippen molar-refractivity contribution in [3.8, 4) is 5.75 Å². The van der Waals surface area contributed by atoms with Crippen LogP contribution in [0.25, 0.3) is 0 Å². The Hall–Kier alpha value is -3.96. The van der Waals surface area contributed by atoms with E-state index in [1.54, 1.807) is 62.3 Å². The molecule has 0 radical (unpaired) electrons. The van der Waals surface area contributed by atoms with Crippen molar-refractivity contribution in [2.75, 3.05) is 20.2 Å². The first-order chi connectivity index (χ1) is 20.5. The van der Waals surface area contributed by atoms with Gasteiger partial charge >= 0.3 is 12.1 Å². The van der Waals surface area contributed by atoms with E-state index in [1.807, 2.05) is 30.3 Å². The third-order valence-electron chi connectivity index (χ3n) is 7.17. The number of aromatic nitrogens is 1. The van der Waals surface area contributed by atoms with E-state index in [-0.39, 0.29) is 18.0 Å². The van der Waals surface area contributed by atoms with Crippen LogP contribution in [-0.4, -0.2) is 66.5 Å². The van der Waals surface area contributed by atoms with Crippen LogP contribution in [0.3, 0.4) is 0 Å². The van der Waals surface area contributed by atoms with Crippen molar-refractivity contribution in [2.24, 2.45) is 5.92 Å². The van der Waals surface area contributed by atoms with Gasteiger partial charge in [-0.1, -0.05) is 30.3 Å². The second kappa shape index (κ2) is 14.0. The molecule has 1 aromatic heterocycles. The topological polar surface area (TPSA) is 115 Å². The van der Waals surface area contributed by atoms with E-state index in [9.17, 15) is 18.0 Å². The van der Waals surface area contributed by atoms with E-state index in [0.717, 1.165) is 5.56 Å². The van der Waals surface area contributed by atoms with Crippen LogP contribution >= 0.6 is 0 Å². The molecule has 1 atom stereocenters. The molecule has 1 saturated heterocycles. The molecule has 10 nitrogen and oxygen atoms in total. The van der Waals surface area contributed by atoms with E-state index in [1.165, 1.54) is 23.5 Å². The van der Waals surface area contributed by atoms with Gasteiger partial charge < -0.3 is 19.1 Å². The first kappa shape index (κ1) is 32.0. The van der Waals surface area contributed by atoms with E-state index < -0.39 is 39.6 Å². The van der Waals surface area contributed by atoms with Crippen LogP contribution in [0.4, 0.5) is 4.79 Å². The number of hydrogen-bond acceptors (Lipinski definition) is 8. The van der Waals surface area contributed by atoms with Crippen molar-refractivity contribution in [3.63, 3.8) is 0 Å². The average molecular weight is 610 g/mol. The van der Waals surface area contributed by atoms with E-state index in [2.05, 4.69) is 4.98 Å². The predicted octanol–water partition coefficient (Wildman–Crippen LogP) is 5.04. The number of carbonyl (C=O) groups is 2. The average Bonchev–Trinajstić information content (AvgIpc) is 3.00. The quantitative estimate of drug-likeness (QED) is 0.294. The molecule has 0 N–H and O–H groups in total. The number of nitrogens with zero attached hydrogens (tertiary/aromatic N) is 3. The van der Waals surface area contributed by atoms with Gasteiger partial charge in [0, 0.05) is 32.0 Å². The summed E-state index contributed by atoms with van der Waals surface area (Å²) in [4.78, 5) is 32.4. The molecular weight excluding hydrogens is 570 g/mol. The minimum Gasteiger partial charge on any atom is -0.497 e. The molecule has 4 rings (SSSR count). The van der Waals surface area contributed by atoms with Gasteiger partial charge in [-0.3, -0.25) is 9.78 Å². The molecule has 0 spiro atoms. The SMILES string of the molecule is COc1ccc(S(=O)(=O)N(Cc2ccncc2)C(C(=O)OCc2ccccc2)C2CCN(C(=O)OC(C)(C)C)CC2)cc1. The van der Waals surface area contributed by atoms with Gasteiger partial charge in [0.15, 0.2) is 0 Å². The molecule has 1 fully saturated rings. The number of carbonyl (C=O) groups excluding carboxylic acids is 2. The van der Waals surface area contributed by atoms with Crippen LogP contribution in [0.2, 0.25) is 0 Å². The number of pyridine rings is 1. The first-order valence-corrected chi connectivity index (χ1v) is 15.7. The second-order valence-corrected chi connectivity index (χ2v) is 13.3. The molecule has 1 amide bonds. The Morgan fingerprint density at radius 1 is 0.953 bits per heavy atom. The predicted molar refractivity (Wildman–Crippen MR) is 161 cm³/mol.